The molecule has 1 aromatic carbocycles. The van der Waals surface area contributed by atoms with Crippen molar-refractivity contribution in [3.63, 3.8) is 0 Å². The van der Waals surface area contributed by atoms with Crippen LogP contribution >= 0.6 is 11.8 Å². The summed E-state index contributed by atoms with van der Waals surface area (Å²) in [6.07, 6.45) is 0. The van der Waals surface area contributed by atoms with Gasteiger partial charge in [-0.25, -0.2) is 0 Å². The van der Waals surface area contributed by atoms with Crippen LogP contribution in [0.25, 0.3) is 0 Å². The Bertz CT molecular complexity index is 276. The molecule has 0 spiro atoms. The third-order valence-electron chi connectivity index (χ3n) is 2.17. The lowest BCUT2D eigenvalue weighted by Crippen LogP contribution is -1.89. The van der Waals surface area contributed by atoms with Crippen LogP contribution in [0, 0.1) is 6.92 Å². The summed E-state index contributed by atoms with van der Waals surface area (Å²) in [7, 11) is 0. The molecule has 0 aromatic heterocycles. The Morgan fingerprint density at radius 2 is 2.00 bits per heavy atom. The largest absolute Gasteiger partial charge is 0.126 e. The average molecular weight is 194 g/mol. The van der Waals surface area contributed by atoms with E-state index in [0.29, 0.717) is 5.92 Å². The number of aryl methyl sites for hydroxylation is 1. The molecule has 1 rings (SSSR count). The molecule has 0 nitrogen and oxygen atoms in total. The molecule has 0 aliphatic heterocycles. The highest BCUT2D eigenvalue weighted by Gasteiger charge is 2.02. The van der Waals surface area contributed by atoms with Gasteiger partial charge in [0.2, 0.25) is 0 Å². The van der Waals surface area contributed by atoms with E-state index in [1.54, 1.807) is 0 Å². The molecule has 0 aliphatic rings. The lowest BCUT2D eigenvalue weighted by Gasteiger charge is -2.09. The van der Waals surface area contributed by atoms with E-state index in [4.69, 9.17) is 0 Å². The first-order valence-electron chi connectivity index (χ1n) is 4.88. The van der Waals surface area contributed by atoms with Crippen molar-refractivity contribution in [2.45, 2.75) is 38.5 Å². The lowest BCUT2D eigenvalue weighted by molar-refractivity contribution is 0.862. The van der Waals surface area contributed by atoms with Gasteiger partial charge in [0.15, 0.2) is 0 Å². The Morgan fingerprint density at radius 3 is 2.46 bits per heavy atom. The van der Waals surface area contributed by atoms with E-state index in [0.717, 1.165) is 5.75 Å². The Labute approximate surface area is 85.7 Å². The molecule has 1 heteroatoms. The van der Waals surface area contributed by atoms with E-state index in [9.17, 15) is 0 Å². The van der Waals surface area contributed by atoms with Crippen LogP contribution in [-0.4, -0.2) is 5.75 Å². The second-order valence-corrected chi connectivity index (χ2v) is 4.92. The molecule has 13 heavy (non-hydrogen) atoms. The molecule has 0 amide bonds. The summed E-state index contributed by atoms with van der Waals surface area (Å²) < 4.78 is 0. The van der Waals surface area contributed by atoms with Gasteiger partial charge < -0.3 is 0 Å². The summed E-state index contributed by atoms with van der Waals surface area (Å²) in [4.78, 5) is 1.42. The van der Waals surface area contributed by atoms with Crippen LogP contribution in [-0.2, 0) is 0 Å². The number of hydrogen-bond donors (Lipinski definition) is 0. The third kappa shape index (κ3) is 2.77. The van der Waals surface area contributed by atoms with Crippen molar-refractivity contribution in [1.82, 2.24) is 0 Å². The number of rotatable bonds is 3. The van der Waals surface area contributed by atoms with Crippen LogP contribution in [0.1, 0.15) is 37.8 Å². The normalized spacial score (nSPS) is 10.8. The number of thioether (sulfide) groups is 1. The maximum absolute atomic E-state index is 2.31. The first kappa shape index (κ1) is 10.6. The molecule has 72 valence electrons. The molecule has 0 N–H and O–H groups in total. The van der Waals surface area contributed by atoms with Gasteiger partial charge in [0.1, 0.15) is 0 Å². The quantitative estimate of drug-likeness (QED) is 0.649. The van der Waals surface area contributed by atoms with Gasteiger partial charge in [-0.3, -0.25) is 0 Å². The van der Waals surface area contributed by atoms with Gasteiger partial charge >= 0.3 is 0 Å². The van der Waals surface area contributed by atoms with Crippen LogP contribution in [0.2, 0.25) is 0 Å². The fourth-order valence-corrected chi connectivity index (χ4v) is 2.11. The van der Waals surface area contributed by atoms with Crippen LogP contribution in [0.15, 0.2) is 23.1 Å². The van der Waals surface area contributed by atoms with Crippen LogP contribution < -0.4 is 0 Å². The molecular formula is C12H18S. The molecule has 1 aromatic rings. The summed E-state index contributed by atoms with van der Waals surface area (Å²) >= 11 is 1.92. The fraction of sp³-hybridized carbons (Fsp3) is 0.500. The van der Waals surface area contributed by atoms with E-state index in [-0.39, 0.29) is 0 Å². The van der Waals surface area contributed by atoms with Gasteiger partial charge in [0.05, 0.1) is 0 Å². The summed E-state index contributed by atoms with van der Waals surface area (Å²) in [5, 5.41) is 0. The van der Waals surface area contributed by atoms with E-state index in [2.05, 4.69) is 45.9 Å². The smallest absolute Gasteiger partial charge is 0.0101 e. The monoisotopic (exact) mass is 194 g/mol. The zero-order chi connectivity index (χ0) is 9.84. The van der Waals surface area contributed by atoms with E-state index in [1.807, 2.05) is 11.8 Å². The second kappa shape index (κ2) is 4.71. The SMILES string of the molecule is CCSc1ccc(C(C)C)cc1C. The topological polar surface area (TPSA) is 0 Å². The van der Waals surface area contributed by atoms with Crippen molar-refractivity contribution in [1.29, 1.82) is 0 Å². The van der Waals surface area contributed by atoms with Crippen molar-refractivity contribution in [3.8, 4) is 0 Å². The average Bonchev–Trinajstić information content (AvgIpc) is 2.08. The molecule has 0 saturated heterocycles. The van der Waals surface area contributed by atoms with E-state index in [1.165, 1.54) is 16.0 Å². The maximum atomic E-state index is 2.31. The van der Waals surface area contributed by atoms with Gasteiger partial charge in [-0.2, -0.15) is 0 Å². The first-order valence-corrected chi connectivity index (χ1v) is 5.87. The number of benzene rings is 1. The molecule has 0 saturated carbocycles. The zero-order valence-corrected chi connectivity index (χ0v) is 9.74. The van der Waals surface area contributed by atoms with E-state index >= 15 is 0 Å². The van der Waals surface area contributed by atoms with Crippen LogP contribution in [0.3, 0.4) is 0 Å². The van der Waals surface area contributed by atoms with E-state index < -0.39 is 0 Å². The fourth-order valence-electron chi connectivity index (χ4n) is 1.35. The second-order valence-electron chi connectivity index (χ2n) is 3.61. The predicted molar refractivity (Wildman–Crippen MR) is 61.7 cm³/mol. The van der Waals surface area contributed by atoms with Crippen molar-refractivity contribution < 1.29 is 0 Å². The molecule has 0 atom stereocenters. The minimum atomic E-state index is 0.638. The highest BCUT2D eigenvalue weighted by atomic mass is 32.2. The third-order valence-corrected chi connectivity index (χ3v) is 3.22. The molecular weight excluding hydrogens is 176 g/mol. The summed E-state index contributed by atoms with van der Waals surface area (Å²) in [6.45, 7) is 8.87. The zero-order valence-electron chi connectivity index (χ0n) is 8.92. The van der Waals surface area contributed by atoms with Gasteiger partial charge in [0, 0.05) is 4.90 Å². The molecule has 0 heterocycles. The molecule has 0 aliphatic carbocycles. The highest BCUT2D eigenvalue weighted by Crippen LogP contribution is 2.25. The van der Waals surface area contributed by atoms with Crippen molar-refractivity contribution in [3.05, 3.63) is 29.3 Å². The molecule has 0 unspecified atom stereocenters. The summed E-state index contributed by atoms with van der Waals surface area (Å²) in [6, 6.07) is 6.80. The summed E-state index contributed by atoms with van der Waals surface area (Å²) in [5.74, 6) is 1.79. The lowest BCUT2D eigenvalue weighted by atomic mass is 10.0. The minimum absolute atomic E-state index is 0.638. The Kier molecular flexibility index (Phi) is 3.86. The molecule has 0 bridgehead atoms. The maximum Gasteiger partial charge on any atom is 0.0101 e. The number of hydrogen-bond acceptors (Lipinski definition) is 1. The van der Waals surface area contributed by atoms with Crippen molar-refractivity contribution in [2.75, 3.05) is 5.75 Å². The van der Waals surface area contributed by atoms with Crippen LogP contribution in [0.4, 0.5) is 0 Å². The van der Waals surface area contributed by atoms with Gasteiger partial charge in [-0.15, -0.1) is 11.8 Å². The first-order chi connectivity index (χ1) is 6.15. The standard InChI is InChI=1S/C12H18S/c1-5-13-12-7-6-11(9(2)3)8-10(12)4/h6-9H,5H2,1-4H3. The van der Waals surface area contributed by atoms with Gasteiger partial charge in [-0.1, -0.05) is 32.9 Å². The minimum Gasteiger partial charge on any atom is -0.126 e. The van der Waals surface area contributed by atoms with Crippen molar-refractivity contribution in [2.24, 2.45) is 0 Å². The Balaban J connectivity index is 2.92. The predicted octanol–water partition coefficient (Wildman–Crippen LogP) is 4.23. The molecule has 0 radical (unpaired) electrons. The highest BCUT2D eigenvalue weighted by molar-refractivity contribution is 7.99. The Morgan fingerprint density at radius 1 is 1.31 bits per heavy atom. The van der Waals surface area contributed by atoms with Crippen LogP contribution in [0.5, 0.6) is 0 Å². The Hall–Kier alpha value is -0.430. The van der Waals surface area contributed by atoms with Crippen molar-refractivity contribution >= 4 is 11.8 Å². The van der Waals surface area contributed by atoms with Gasteiger partial charge in [0.25, 0.3) is 0 Å². The molecule has 0 fully saturated rings. The summed E-state index contributed by atoms with van der Waals surface area (Å²) in [5.41, 5.74) is 2.86. The van der Waals surface area contributed by atoms with Gasteiger partial charge in [-0.05, 0) is 35.8 Å².